The van der Waals surface area contributed by atoms with E-state index in [9.17, 15) is 0 Å². The second-order valence-electron chi connectivity index (χ2n) is 5.01. The maximum Gasteiger partial charge on any atom is 0.0801 e. The SMILES string of the molecule is COC(C(C)C)C(NN)c1cccc2ncccc12. The molecule has 0 aliphatic rings. The second-order valence-corrected chi connectivity index (χ2v) is 5.01. The van der Waals surface area contributed by atoms with Crippen molar-refractivity contribution in [3.05, 3.63) is 42.1 Å². The number of benzene rings is 1. The molecule has 0 saturated carbocycles. The summed E-state index contributed by atoms with van der Waals surface area (Å²) in [4.78, 5) is 4.38. The molecule has 19 heavy (non-hydrogen) atoms. The Hall–Kier alpha value is -1.49. The average Bonchev–Trinajstić information content (AvgIpc) is 2.43. The highest BCUT2D eigenvalue weighted by atomic mass is 16.5. The van der Waals surface area contributed by atoms with E-state index in [1.165, 1.54) is 0 Å². The lowest BCUT2D eigenvalue weighted by Gasteiger charge is -2.29. The fraction of sp³-hybridized carbons (Fsp3) is 0.400. The Balaban J connectivity index is 2.51. The number of fused-ring (bicyclic) bond motifs is 1. The van der Waals surface area contributed by atoms with E-state index in [4.69, 9.17) is 10.6 Å². The van der Waals surface area contributed by atoms with Crippen LogP contribution in [0.25, 0.3) is 10.9 Å². The van der Waals surface area contributed by atoms with E-state index in [1.807, 2.05) is 18.2 Å². The van der Waals surface area contributed by atoms with Gasteiger partial charge in [0.15, 0.2) is 0 Å². The summed E-state index contributed by atoms with van der Waals surface area (Å²) < 4.78 is 5.61. The summed E-state index contributed by atoms with van der Waals surface area (Å²) in [7, 11) is 1.72. The van der Waals surface area contributed by atoms with Crippen molar-refractivity contribution in [2.24, 2.45) is 11.8 Å². The lowest BCUT2D eigenvalue weighted by atomic mass is 9.91. The number of hydrazine groups is 1. The minimum Gasteiger partial charge on any atom is -0.379 e. The number of hydrogen-bond acceptors (Lipinski definition) is 4. The fourth-order valence-electron chi connectivity index (χ4n) is 2.55. The molecule has 0 fully saturated rings. The maximum atomic E-state index is 5.76. The number of pyridine rings is 1. The van der Waals surface area contributed by atoms with Gasteiger partial charge < -0.3 is 4.74 Å². The summed E-state index contributed by atoms with van der Waals surface area (Å²) >= 11 is 0. The first-order valence-corrected chi connectivity index (χ1v) is 6.51. The molecule has 2 unspecified atom stereocenters. The normalized spacial score (nSPS) is 14.8. The number of methoxy groups -OCH3 is 1. The van der Waals surface area contributed by atoms with Gasteiger partial charge in [0, 0.05) is 18.7 Å². The fourth-order valence-corrected chi connectivity index (χ4v) is 2.55. The highest BCUT2D eigenvalue weighted by Gasteiger charge is 2.26. The first kappa shape index (κ1) is 13.9. The molecule has 0 spiro atoms. The largest absolute Gasteiger partial charge is 0.379 e. The number of aromatic nitrogens is 1. The molecule has 0 aliphatic heterocycles. The van der Waals surface area contributed by atoms with Gasteiger partial charge in [0.2, 0.25) is 0 Å². The number of nitrogens with one attached hydrogen (secondary N) is 1. The van der Waals surface area contributed by atoms with E-state index in [1.54, 1.807) is 13.3 Å². The molecule has 2 aromatic rings. The van der Waals surface area contributed by atoms with Gasteiger partial charge in [-0.1, -0.05) is 32.0 Å². The van der Waals surface area contributed by atoms with Crippen molar-refractivity contribution >= 4 is 10.9 Å². The van der Waals surface area contributed by atoms with E-state index in [2.05, 4.69) is 36.4 Å². The smallest absolute Gasteiger partial charge is 0.0801 e. The van der Waals surface area contributed by atoms with Gasteiger partial charge in [-0.15, -0.1) is 0 Å². The number of nitrogens with two attached hydrogens (primary N) is 1. The molecule has 0 saturated heterocycles. The highest BCUT2D eigenvalue weighted by molar-refractivity contribution is 5.82. The molecule has 1 aromatic carbocycles. The van der Waals surface area contributed by atoms with Crippen LogP contribution in [0.2, 0.25) is 0 Å². The van der Waals surface area contributed by atoms with Gasteiger partial charge in [-0.25, -0.2) is 0 Å². The van der Waals surface area contributed by atoms with Crippen LogP contribution >= 0.6 is 0 Å². The Morgan fingerprint density at radius 3 is 2.63 bits per heavy atom. The van der Waals surface area contributed by atoms with E-state index >= 15 is 0 Å². The van der Waals surface area contributed by atoms with Crippen molar-refractivity contribution in [2.75, 3.05) is 7.11 Å². The van der Waals surface area contributed by atoms with Crippen LogP contribution in [-0.2, 0) is 4.74 Å². The summed E-state index contributed by atoms with van der Waals surface area (Å²) in [5, 5.41) is 1.11. The molecule has 102 valence electrons. The molecular formula is C15H21N3O. The molecule has 2 atom stereocenters. The van der Waals surface area contributed by atoms with E-state index in [-0.39, 0.29) is 12.1 Å². The summed E-state index contributed by atoms with van der Waals surface area (Å²) in [6.45, 7) is 4.25. The lowest BCUT2D eigenvalue weighted by molar-refractivity contribution is 0.0330. The van der Waals surface area contributed by atoms with Gasteiger partial charge in [-0.3, -0.25) is 16.3 Å². The van der Waals surface area contributed by atoms with Crippen molar-refractivity contribution in [1.29, 1.82) is 0 Å². The van der Waals surface area contributed by atoms with Crippen LogP contribution in [0.4, 0.5) is 0 Å². The molecule has 4 heteroatoms. The minimum absolute atomic E-state index is 0.0100. The summed E-state index contributed by atoms with van der Waals surface area (Å²) in [6, 6.07) is 10.0. The van der Waals surface area contributed by atoms with Crippen molar-refractivity contribution in [1.82, 2.24) is 10.4 Å². The van der Waals surface area contributed by atoms with Crippen LogP contribution in [0.15, 0.2) is 36.5 Å². The van der Waals surface area contributed by atoms with Gasteiger partial charge in [0.1, 0.15) is 0 Å². The minimum atomic E-state index is -0.0575. The van der Waals surface area contributed by atoms with Crippen LogP contribution < -0.4 is 11.3 Å². The van der Waals surface area contributed by atoms with Crippen LogP contribution in [0.5, 0.6) is 0 Å². The third-order valence-corrected chi connectivity index (χ3v) is 3.45. The second kappa shape index (κ2) is 6.10. The predicted molar refractivity (Wildman–Crippen MR) is 77.4 cm³/mol. The topological polar surface area (TPSA) is 60.2 Å². The Morgan fingerprint density at radius 1 is 1.21 bits per heavy atom. The van der Waals surface area contributed by atoms with Crippen LogP contribution in [0, 0.1) is 5.92 Å². The first-order chi connectivity index (χ1) is 9.19. The molecule has 3 N–H and O–H groups in total. The highest BCUT2D eigenvalue weighted by Crippen LogP contribution is 2.28. The summed E-state index contributed by atoms with van der Waals surface area (Å²) in [6.07, 6.45) is 1.81. The monoisotopic (exact) mass is 259 g/mol. The van der Waals surface area contributed by atoms with Crippen LogP contribution in [0.1, 0.15) is 25.5 Å². The average molecular weight is 259 g/mol. The molecule has 0 aliphatic carbocycles. The number of hydrogen-bond donors (Lipinski definition) is 2. The predicted octanol–water partition coefficient (Wildman–Crippen LogP) is 2.41. The van der Waals surface area contributed by atoms with Crippen molar-refractivity contribution < 1.29 is 4.74 Å². The molecular weight excluding hydrogens is 238 g/mol. The Morgan fingerprint density at radius 2 is 2.00 bits per heavy atom. The zero-order valence-corrected chi connectivity index (χ0v) is 11.6. The summed E-state index contributed by atoms with van der Waals surface area (Å²) in [5.74, 6) is 6.12. The molecule has 2 rings (SSSR count). The van der Waals surface area contributed by atoms with E-state index < -0.39 is 0 Å². The Labute approximate surface area is 113 Å². The number of nitrogens with zero attached hydrogens (tertiary/aromatic N) is 1. The quantitative estimate of drug-likeness (QED) is 0.639. The lowest BCUT2D eigenvalue weighted by Crippen LogP contribution is -2.40. The molecule has 0 bridgehead atoms. The molecule has 1 heterocycles. The van der Waals surface area contributed by atoms with Gasteiger partial charge in [0.05, 0.1) is 17.7 Å². The van der Waals surface area contributed by atoms with Gasteiger partial charge in [-0.2, -0.15) is 0 Å². The summed E-state index contributed by atoms with van der Waals surface area (Å²) in [5.41, 5.74) is 4.98. The molecule has 4 nitrogen and oxygen atoms in total. The first-order valence-electron chi connectivity index (χ1n) is 6.51. The van der Waals surface area contributed by atoms with E-state index in [0.717, 1.165) is 16.5 Å². The zero-order chi connectivity index (χ0) is 13.8. The molecule has 0 amide bonds. The van der Waals surface area contributed by atoms with Crippen molar-refractivity contribution in [2.45, 2.75) is 26.0 Å². The van der Waals surface area contributed by atoms with E-state index in [0.29, 0.717) is 5.92 Å². The third kappa shape index (κ3) is 2.76. The number of ether oxygens (including phenoxy) is 1. The van der Waals surface area contributed by atoms with Gasteiger partial charge in [-0.05, 0) is 23.6 Å². The van der Waals surface area contributed by atoms with Gasteiger partial charge >= 0.3 is 0 Å². The zero-order valence-electron chi connectivity index (χ0n) is 11.6. The standard InChI is InChI=1S/C15H21N3O/c1-10(2)15(19-3)14(18-16)12-6-4-8-13-11(12)7-5-9-17-13/h4-10,14-15,18H,16H2,1-3H3. The van der Waals surface area contributed by atoms with Crippen molar-refractivity contribution in [3.63, 3.8) is 0 Å². The number of rotatable bonds is 5. The molecule has 1 aromatic heterocycles. The Bertz CT molecular complexity index is 536. The van der Waals surface area contributed by atoms with Crippen LogP contribution in [0.3, 0.4) is 0 Å². The van der Waals surface area contributed by atoms with Gasteiger partial charge in [0.25, 0.3) is 0 Å². The third-order valence-electron chi connectivity index (χ3n) is 3.45. The van der Waals surface area contributed by atoms with Crippen molar-refractivity contribution in [3.8, 4) is 0 Å². The maximum absolute atomic E-state index is 5.76. The van der Waals surface area contributed by atoms with Crippen LogP contribution in [-0.4, -0.2) is 18.2 Å². The Kier molecular flexibility index (Phi) is 4.47. The molecule has 0 radical (unpaired) electrons.